The topological polar surface area (TPSA) is 111 Å². The molecule has 0 aromatic heterocycles. The highest BCUT2D eigenvalue weighted by molar-refractivity contribution is 6.47. The van der Waals surface area contributed by atoms with Gasteiger partial charge >= 0.3 is 5.97 Å². The third kappa shape index (κ3) is 3.85. The third-order valence-electron chi connectivity index (χ3n) is 5.17. The second-order valence-electron chi connectivity index (χ2n) is 6.97. The zero-order valence-corrected chi connectivity index (χ0v) is 16.1. The van der Waals surface area contributed by atoms with Crippen LogP contribution in [0.2, 0.25) is 0 Å². The summed E-state index contributed by atoms with van der Waals surface area (Å²) in [6, 6.07) is 3.84. The second-order valence-corrected chi connectivity index (χ2v) is 6.97. The van der Waals surface area contributed by atoms with Crippen LogP contribution in [0.3, 0.4) is 0 Å². The van der Waals surface area contributed by atoms with E-state index in [1.54, 1.807) is 19.1 Å². The second kappa shape index (κ2) is 8.41. The van der Waals surface area contributed by atoms with Gasteiger partial charge in [0.05, 0.1) is 19.3 Å². The normalized spacial score (nSPS) is 19.4. The van der Waals surface area contributed by atoms with Crippen molar-refractivity contribution in [3.8, 4) is 5.75 Å². The zero-order chi connectivity index (χ0) is 20.3. The van der Waals surface area contributed by atoms with Crippen molar-refractivity contribution in [3.05, 3.63) is 23.8 Å². The first-order valence-corrected chi connectivity index (χ1v) is 9.51. The lowest BCUT2D eigenvalue weighted by Gasteiger charge is -2.22. The number of carbonyl (C=O) groups excluding carboxylic acids is 3. The number of ether oxygens (including phenoxy) is 2. The van der Waals surface area contributed by atoms with Crippen LogP contribution in [0, 0.1) is 5.92 Å². The van der Waals surface area contributed by atoms with Gasteiger partial charge in [0.15, 0.2) is 6.04 Å². The zero-order valence-electron chi connectivity index (χ0n) is 16.1. The van der Waals surface area contributed by atoms with Gasteiger partial charge in [-0.15, -0.1) is 0 Å². The molecule has 0 spiro atoms. The van der Waals surface area contributed by atoms with Crippen LogP contribution in [0.15, 0.2) is 23.3 Å². The van der Waals surface area contributed by atoms with Gasteiger partial charge in [-0.3, -0.25) is 9.59 Å². The van der Waals surface area contributed by atoms with Crippen LogP contribution in [0.5, 0.6) is 5.75 Å². The molecule has 1 aromatic rings. The van der Waals surface area contributed by atoms with Gasteiger partial charge in [-0.25, -0.2) is 9.80 Å². The molecule has 8 nitrogen and oxygen atoms in total. The number of nitrogens with zero attached hydrogens (tertiary/aromatic N) is 2. The molecule has 1 saturated carbocycles. The molecule has 0 radical (unpaired) electrons. The van der Waals surface area contributed by atoms with Crippen molar-refractivity contribution in [2.24, 2.45) is 11.0 Å². The van der Waals surface area contributed by atoms with Crippen LogP contribution in [0.4, 0.5) is 5.69 Å². The maximum Gasteiger partial charge on any atom is 0.331 e. The van der Waals surface area contributed by atoms with Crippen molar-refractivity contribution in [1.82, 2.24) is 5.01 Å². The summed E-state index contributed by atoms with van der Waals surface area (Å²) in [7, 11) is 1.49. The first-order valence-electron chi connectivity index (χ1n) is 9.51. The van der Waals surface area contributed by atoms with Crippen molar-refractivity contribution in [1.29, 1.82) is 0 Å². The van der Waals surface area contributed by atoms with E-state index in [1.165, 1.54) is 13.2 Å². The molecule has 2 N–H and O–H groups in total. The Hall–Kier alpha value is -2.90. The van der Waals surface area contributed by atoms with E-state index in [0.717, 1.165) is 30.7 Å². The molecule has 1 heterocycles. The Morgan fingerprint density at radius 2 is 1.96 bits per heavy atom. The summed E-state index contributed by atoms with van der Waals surface area (Å²) < 4.78 is 10.3. The van der Waals surface area contributed by atoms with Crippen LogP contribution in [0.25, 0.3) is 0 Å². The largest absolute Gasteiger partial charge is 0.497 e. The number of Topliss-reactive ketones (excluding diaryl/α,β-unsaturated/α-hetero) is 1. The molecular weight excluding hydrogens is 362 g/mol. The van der Waals surface area contributed by atoms with E-state index in [4.69, 9.17) is 15.2 Å². The number of rotatable bonds is 6. The summed E-state index contributed by atoms with van der Waals surface area (Å²) in [6.07, 6.45) is 3.50. The third-order valence-corrected chi connectivity index (χ3v) is 5.17. The van der Waals surface area contributed by atoms with Crippen molar-refractivity contribution in [2.45, 2.75) is 45.1 Å². The monoisotopic (exact) mass is 387 g/mol. The Labute approximate surface area is 163 Å². The van der Waals surface area contributed by atoms with Gasteiger partial charge in [-0.2, -0.15) is 5.10 Å². The molecule has 150 valence electrons. The average Bonchev–Trinajstić information content (AvgIpc) is 3.38. The number of benzene rings is 1. The summed E-state index contributed by atoms with van der Waals surface area (Å²) in [5.74, 6) is -0.891. The van der Waals surface area contributed by atoms with Crippen LogP contribution in [-0.2, 0) is 14.3 Å². The molecular formula is C20H25N3O5. The number of anilines is 1. The number of ketones is 1. The van der Waals surface area contributed by atoms with Crippen molar-refractivity contribution in [2.75, 3.05) is 19.5 Å². The lowest BCUT2D eigenvalue weighted by Crippen LogP contribution is -2.42. The Morgan fingerprint density at radius 1 is 1.25 bits per heavy atom. The first kappa shape index (κ1) is 19.9. The highest BCUT2D eigenvalue weighted by atomic mass is 16.5. The molecule has 1 aromatic carbocycles. The quantitative estimate of drug-likeness (QED) is 0.455. The van der Waals surface area contributed by atoms with E-state index in [2.05, 4.69) is 5.10 Å². The first-order chi connectivity index (χ1) is 13.5. The highest BCUT2D eigenvalue weighted by Gasteiger charge is 2.42. The molecule has 0 bridgehead atoms. The van der Waals surface area contributed by atoms with E-state index in [-0.39, 0.29) is 41.8 Å². The molecule has 3 rings (SSSR count). The van der Waals surface area contributed by atoms with Gasteiger partial charge in [0.2, 0.25) is 11.7 Å². The molecule has 1 aliphatic heterocycles. The Morgan fingerprint density at radius 3 is 2.61 bits per heavy atom. The fourth-order valence-corrected chi connectivity index (χ4v) is 3.65. The number of carbonyl (C=O) groups is 3. The molecule has 1 amide bonds. The highest BCUT2D eigenvalue weighted by Crippen LogP contribution is 2.31. The van der Waals surface area contributed by atoms with Crippen molar-refractivity contribution >= 4 is 29.1 Å². The molecule has 2 aliphatic rings. The summed E-state index contributed by atoms with van der Waals surface area (Å²) in [5.41, 5.74) is 6.57. The summed E-state index contributed by atoms with van der Waals surface area (Å²) in [6.45, 7) is 1.88. The van der Waals surface area contributed by atoms with Gasteiger partial charge in [0.1, 0.15) is 11.5 Å². The number of esters is 1. The predicted molar refractivity (Wildman–Crippen MR) is 103 cm³/mol. The van der Waals surface area contributed by atoms with Gasteiger partial charge in [0, 0.05) is 18.0 Å². The SMILES string of the molecule is CCOC(=O)C1CC(C(=O)c2cc(OC)ccc2N)=NN1C(=O)C1CCCC1. The Balaban J connectivity index is 1.90. The minimum atomic E-state index is -0.918. The average molecular weight is 387 g/mol. The summed E-state index contributed by atoms with van der Waals surface area (Å²) in [5, 5.41) is 5.39. The lowest BCUT2D eigenvalue weighted by atomic mass is 10.00. The van der Waals surface area contributed by atoms with E-state index >= 15 is 0 Å². The number of hydrogen-bond donors (Lipinski definition) is 1. The minimum absolute atomic E-state index is 0.00672. The van der Waals surface area contributed by atoms with Crippen LogP contribution in [-0.4, -0.2) is 48.1 Å². The van der Waals surface area contributed by atoms with Crippen LogP contribution >= 0.6 is 0 Å². The number of amides is 1. The van der Waals surface area contributed by atoms with Crippen molar-refractivity contribution < 1.29 is 23.9 Å². The molecule has 1 unspecified atom stereocenters. The number of hydrogen-bond acceptors (Lipinski definition) is 7. The van der Waals surface area contributed by atoms with Crippen molar-refractivity contribution in [3.63, 3.8) is 0 Å². The van der Waals surface area contributed by atoms with E-state index < -0.39 is 17.8 Å². The molecule has 28 heavy (non-hydrogen) atoms. The smallest absolute Gasteiger partial charge is 0.331 e. The Bertz CT molecular complexity index is 814. The van der Waals surface area contributed by atoms with Gasteiger partial charge in [0.25, 0.3) is 0 Å². The molecule has 1 fully saturated rings. The van der Waals surface area contributed by atoms with E-state index in [0.29, 0.717) is 5.75 Å². The van der Waals surface area contributed by atoms with Gasteiger partial charge < -0.3 is 15.2 Å². The maximum atomic E-state index is 13.0. The van der Waals surface area contributed by atoms with Crippen LogP contribution in [0.1, 0.15) is 49.4 Å². The fraction of sp³-hybridized carbons (Fsp3) is 0.500. The summed E-state index contributed by atoms with van der Waals surface area (Å²) >= 11 is 0. The molecule has 1 aliphatic carbocycles. The molecule has 8 heteroatoms. The van der Waals surface area contributed by atoms with E-state index in [1.807, 2.05) is 0 Å². The minimum Gasteiger partial charge on any atom is -0.497 e. The number of hydrazone groups is 1. The van der Waals surface area contributed by atoms with Crippen LogP contribution < -0.4 is 10.5 Å². The standard InChI is InChI=1S/C20H25N3O5/c1-3-28-20(26)17-11-16(22-23(17)19(25)12-6-4-5-7-12)18(24)14-10-13(27-2)8-9-15(14)21/h8-10,12,17H,3-7,11,21H2,1-2H3. The number of nitrogens with two attached hydrogens (primary N) is 1. The van der Waals surface area contributed by atoms with Gasteiger partial charge in [-0.1, -0.05) is 12.8 Å². The number of nitrogen functional groups attached to an aromatic ring is 1. The molecule has 0 saturated heterocycles. The maximum absolute atomic E-state index is 13.0. The number of methoxy groups -OCH3 is 1. The summed E-state index contributed by atoms with van der Waals surface area (Å²) in [4.78, 5) is 38.3. The van der Waals surface area contributed by atoms with Gasteiger partial charge in [-0.05, 0) is 38.0 Å². The lowest BCUT2D eigenvalue weighted by molar-refractivity contribution is -0.155. The molecule has 1 atom stereocenters. The Kier molecular flexibility index (Phi) is 5.96. The fourth-order valence-electron chi connectivity index (χ4n) is 3.65. The predicted octanol–water partition coefficient (Wildman–Crippen LogP) is 2.17. The van der Waals surface area contributed by atoms with E-state index in [9.17, 15) is 14.4 Å².